The van der Waals surface area contributed by atoms with Crippen LogP contribution < -0.4 is 10.1 Å². The Bertz CT molecular complexity index is 1610. The van der Waals surface area contributed by atoms with Crippen LogP contribution in [-0.2, 0) is 16.2 Å². The fourth-order valence-electron chi connectivity index (χ4n) is 4.00. The van der Waals surface area contributed by atoms with E-state index in [0.29, 0.717) is 17.0 Å². The van der Waals surface area contributed by atoms with E-state index >= 15 is 0 Å². The molecule has 1 saturated heterocycles. The monoisotopic (exact) mass is 539 g/mol. The van der Waals surface area contributed by atoms with Crippen LogP contribution in [0.5, 0.6) is 5.75 Å². The minimum absolute atomic E-state index is 0.0120. The van der Waals surface area contributed by atoms with Crippen molar-refractivity contribution < 1.29 is 24.0 Å². The van der Waals surface area contributed by atoms with E-state index in [2.05, 4.69) is 5.32 Å². The molecule has 1 heterocycles. The first kappa shape index (κ1) is 25.7. The van der Waals surface area contributed by atoms with Gasteiger partial charge in [-0.25, -0.2) is 0 Å². The van der Waals surface area contributed by atoms with Crippen molar-refractivity contribution in [1.29, 1.82) is 0 Å². The average molecular weight is 540 g/mol. The van der Waals surface area contributed by atoms with Gasteiger partial charge in [0.1, 0.15) is 18.9 Å². The van der Waals surface area contributed by atoms with E-state index in [4.69, 9.17) is 4.74 Å². The molecule has 0 bridgehead atoms. The Morgan fingerprint density at radius 1 is 0.949 bits per heavy atom. The Hall–Kier alpha value is -4.96. The molecule has 3 amide bonds. The lowest BCUT2D eigenvalue weighted by Gasteiger charge is -2.13. The van der Waals surface area contributed by atoms with Crippen LogP contribution >= 0.6 is 11.8 Å². The molecule has 5 rings (SSSR count). The van der Waals surface area contributed by atoms with E-state index in [1.54, 1.807) is 48.5 Å². The zero-order chi connectivity index (χ0) is 27.4. The molecule has 194 valence electrons. The number of nitro benzene ring substituents is 1. The topological polar surface area (TPSA) is 119 Å². The van der Waals surface area contributed by atoms with Gasteiger partial charge in [0.2, 0.25) is 5.91 Å². The molecule has 0 radical (unpaired) electrons. The smallest absolute Gasteiger partial charge is 0.294 e. The fraction of sp³-hybridized carbons (Fsp3) is 0.0690. The molecular formula is C29H21N3O6S. The van der Waals surface area contributed by atoms with Crippen molar-refractivity contribution in [3.63, 3.8) is 0 Å². The Morgan fingerprint density at radius 2 is 1.67 bits per heavy atom. The maximum atomic E-state index is 12.9. The van der Waals surface area contributed by atoms with Crippen molar-refractivity contribution in [2.45, 2.75) is 6.61 Å². The number of carbonyl (C=O) groups excluding carboxylic acids is 3. The number of amides is 3. The van der Waals surface area contributed by atoms with Gasteiger partial charge in [0.15, 0.2) is 0 Å². The van der Waals surface area contributed by atoms with Crippen LogP contribution in [-0.4, -0.2) is 33.4 Å². The van der Waals surface area contributed by atoms with E-state index in [0.717, 1.165) is 33.0 Å². The third-order valence-electron chi connectivity index (χ3n) is 5.97. The van der Waals surface area contributed by atoms with Gasteiger partial charge in [-0.05, 0) is 64.7 Å². The summed E-state index contributed by atoms with van der Waals surface area (Å²) in [5.41, 5.74) is 2.08. The molecule has 0 saturated carbocycles. The number of fused-ring (bicyclic) bond motifs is 1. The van der Waals surface area contributed by atoms with Gasteiger partial charge in [0, 0.05) is 23.2 Å². The summed E-state index contributed by atoms with van der Waals surface area (Å²) >= 11 is 0.782. The highest BCUT2D eigenvalue weighted by atomic mass is 32.2. The third kappa shape index (κ3) is 5.97. The molecule has 9 nitrogen and oxygen atoms in total. The predicted octanol–water partition coefficient (Wildman–Crippen LogP) is 6.00. The van der Waals surface area contributed by atoms with Gasteiger partial charge < -0.3 is 10.1 Å². The number of nitrogens with one attached hydrogen (secondary N) is 1. The summed E-state index contributed by atoms with van der Waals surface area (Å²) in [7, 11) is 0. The standard InChI is InChI=1S/C29H21N3O6S/c33-27(30-25-7-3-5-21-4-1-2-6-24(21)25)17-31-28(34)26(39-29(31)35)16-19-10-14-23(15-11-19)38-18-20-8-12-22(13-9-20)32(36)37/h1-16H,17-18H2,(H,30,33)/b26-16+. The number of benzene rings is 4. The molecule has 1 N–H and O–H groups in total. The molecule has 0 aromatic heterocycles. The summed E-state index contributed by atoms with van der Waals surface area (Å²) in [6, 6.07) is 26.2. The maximum Gasteiger partial charge on any atom is 0.294 e. The number of hydrogen-bond donors (Lipinski definition) is 1. The number of carbonyl (C=O) groups is 3. The van der Waals surface area contributed by atoms with E-state index in [1.165, 1.54) is 12.1 Å². The first-order valence-corrected chi connectivity index (χ1v) is 12.7. The molecule has 0 atom stereocenters. The molecule has 0 unspecified atom stereocenters. The van der Waals surface area contributed by atoms with Crippen LogP contribution in [0.15, 0.2) is 95.9 Å². The minimum atomic E-state index is -0.531. The van der Waals surface area contributed by atoms with Crippen molar-refractivity contribution in [1.82, 2.24) is 4.90 Å². The number of thioether (sulfide) groups is 1. The summed E-state index contributed by atoms with van der Waals surface area (Å²) in [4.78, 5) is 49.5. The summed E-state index contributed by atoms with van der Waals surface area (Å²) in [6.45, 7) is -0.155. The predicted molar refractivity (Wildman–Crippen MR) is 149 cm³/mol. The van der Waals surface area contributed by atoms with E-state index in [-0.39, 0.29) is 23.7 Å². The van der Waals surface area contributed by atoms with Gasteiger partial charge in [0.25, 0.3) is 16.8 Å². The summed E-state index contributed by atoms with van der Waals surface area (Å²) in [6.07, 6.45) is 1.59. The second-order valence-electron chi connectivity index (χ2n) is 8.62. The second-order valence-corrected chi connectivity index (χ2v) is 9.62. The first-order chi connectivity index (χ1) is 18.9. The zero-order valence-corrected chi connectivity index (χ0v) is 21.2. The van der Waals surface area contributed by atoms with Gasteiger partial charge in [-0.2, -0.15) is 0 Å². The van der Waals surface area contributed by atoms with Gasteiger partial charge in [-0.15, -0.1) is 0 Å². The van der Waals surface area contributed by atoms with E-state index < -0.39 is 22.0 Å². The fourth-order valence-corrected chi connectivity index (χ4v) is 4.83. The van der Waals surface area contributed by atoms with Crippen LogP contribution in [0.25, 0.3) is 16.8 Å². The van der Waals surface area contributed by atoms with Crippen LogP contribution in [0.2, 0.25) is 0 Å². The third-order valence-corrected chi connectivity index (χ3v) is 6.88. The second kappa shape index (κ2) is 11.2. The average Bonchev–Trinajstić information content (AvgIpc) is 3.20. The van der Waals surface area contributed by atoms with E-state index in [1.807, 2.05) is 36.4 Å². The summed E-state index contributed by atoms with van der Waals surface area (Å²) in [5, 5.41) is 14.9. The quantitative estimate of drug-likeness (QED) is 0.166. The molecule has 1 aliphatic heterocycles. The highest BCUT2D eigenvalue weighted by Crippen LogP contribution is 2.32. The Balaban J connectivity index is 1.19. The molecule has 4 aromatic carbocycles. The van der Waals surface area contributed by atoms with Crippen molar-refractivity contribution in [2.24, 2.45) is 0 Å². The van der Waals surface area contributed by atoms with Gasteiger partial charge in [-0.3, -0.25) is 29.4 Å². The van der Waals surface area contributed by atoms with Crippen LogP contribution in [0.4, 0.5) is 16.2 Å². The van der Waals surface area contributed by atoms with E-state index in [9.17, 15) is 24.5 Å². The minimum Gasteiger partial charge on any atom is -0.489 e. The lowest BCUT2D eigenvalue weighted by Crippen LogP contribution is -2.36. The number of imide groups is 1. The number of anilines is 1. The number of nitro groups is 1. The molecule has 39 heavy (non-hydrogen) atoms. The van der Waals surface area contributed by atoms with Crippen molar-refractivity contribution >= 4 is 57.0 Å². The zero-order valence-electron chi connectivity index (χ0n) is 20.4. The molecule has 1 fully saturated rings. The molecule has 0 aliphatic carbocycles. The maximum absolute atomic E-state index is 12.9. The number of hydrogen-bond acceptors (Lipinski definition) is 7. The van der Waals surface area contributed by atoms with Crippen LogP contribution in [0.3, 0.4) is 0 Å². The largest absolute Gasteiger partial charge is 0.489 e. The molecule has 10 heteroatoms. The Labute approximate surface area is 227 Å². The van der Waals surface area contributed by atoms with Gasteiger partial charge >= 0.3 is 0 Å². The Kier molecular flexibility index (Phi) is 7.37. The number of rotatable bonds is 8. The van der Waals surface area contributed by atoms with Crippen molar-refractivity contribution in [3.8, 4) is 5.75 Å². The highest BCUT2D eigenvalue weighted by molar-refractivity contribution is 8.18. The number of non-ortho nitro benzene ring substituents is 1. The summed E-state index contributed by atoms with van der Waals surface area (Å²) < 4.78 is 5.72. The van der Waals surface area contributed by atoms with Gasteiger partial charge in [-0.1, -0.05) is 48.5 Å². The summed E-state index contributed by atoms with van der Waals surface area (Å²) in [5.74, 6) is -0.426. The van der Waals surface area contributed by atoms with Crippen LogP contribution in [0.1, 0.15) is 11.1 Å². The Morgan fingerprint density at radius 3 is 2.41 bits per heavy atom. The normalized spacial score (nSPS) is 14.2. The molecule has 4 aromatic rings. The molecule has 1 aliphatic rings. The lowest BCUT2D eigenvalue weighted by molar-refractivity contribution is -0.384. The van der Waals surface area contributed by atoms with Crippen LogP contribution in [0, 0.1) is 10.1 Å². The van der Waals surface area contributed by atoms with Crippen molar-refractivity contribution in [2.75, 3.05) is 11.9 Å². The first-order valence-electron chi connectivity index (χ1n) is 11.9. The molecule has 0 spiro atoms. The highest BCUT2D eigenvalue weighted by Gasteiger charge is 2.36. The SMILES string of the molecule is O=C(CN1C(=O)S/C(=C/c2ccc(OCc3ccc([N+](=O)[O-])cc3)cc2)C1=O)Nc1cccc2ccccc12. The number of ether oxygens (including phenoxy) is 1. The molecular weight excluding hydrogens is 518 g/mol. The van der Waals surface area contributed by atoms with Crippen molar-refractivity contribution in [3.05, 3.63) is 117 Å². The number of nitrogens with zero attached hydrogens (tertiary/aromatic N) is 2. The lowest BCUT2D eigenvalue weighted by atomic mass is 10.1. The van der Waals surface area contributed by atoms with Gasteiger partial charge in [0.05, 0.1) is 9.83 Å².